The molecular weight excluding hydrogens is 236 g/mol. The summed E-state index contributed by atoms with van der Waals surface area (Å²) in [6, 6.07) is 0. The maximum absolute atomic E-state index is 6.74. The summed E-state index contributed by atoms with van der Waals surface area (Å²) in [5.74, 6) is 10.6. The van der Waals surface area contributed by atoms with Gasteiger partial charge in [0.25, 0.3) is 0 Å². The van der Waals surface area contributed by atoms with E-state index in [2.05, 4.69) is 20.4 Å². The van der Waals surface area contributed by atoms with Crippen LogP contribution in [0.4, 0.5) is 0 Å². The monoisotopic (exact) mass is 248 g/mol. The SMILES string of the molecule is CC(CSC(N=N)=NN)SC(N=N)=NN. The third-order valence-corrected chi connectivity index (χ3v) is 3.48. The maximum Gasteiger partial charge on any atom is 0.226 e. The second kappa shape index (κ2) is 8.17. The van der Waals surface area contributed by atoms with Gasteiger partial charge in [-0.05, 0) is 0 Å². The Kier molecular flexibility index (Phi) is 7.54. The van der Waals surface area contributed by atoms with Crippen molar-refractivity contribution in [1.82, 2.24) is 0 Å². The Hall–Kier alpha value is -1.16. The summed E-state index contributed by atoms with van der Waals surface area (Å²) >= 11 is 2.50. The first-order valence-electron chi connectivity index (χ1n) is 3.78. The standard InChI is InChI=1S/C5H12N8S2/c1-3(15-5(12-8)13-9)2-14-4(10-6)11-7/h3,6,8H,2,7,9H2,1H3. The number of hydrazone groups is 2. The molecule has 0 aromatic carbocycles. The predicted octanol–water partition coefficient (Wildman–Crippen LogP) is 1.36. The van der Waals surface area contributed by atoms with Gasteiger partial charge in [0, 0.05) is 11.0 Å². The minimum Gasteiger partial charge on any atom is -0.321 e. The molecule has 0 rings (SSSR count). The summed E-state index contributed by atoms with van der Waals surface area (Å²) < 4.78 is 0. The Labute approximate surface area is 95.3 Å². The van der Waals surface area contributed by atoms with Crippen molar-refractivity contribution < 1.29 is 0 Å². The van der Waals surface area contributed by atoms with Gasteiger partial charge in [-0.1, -0.05) is 30.4 Å². The van der Waals surface area contributed by atoms with Crippen molar-refractivity contribution in [2.45, 2.75) is 12.2 Å². The van der Waals surface area contributed by atoms with E-state index in [1.165, 1.54) is 23.5 Å². The first kappa shape index (κ1) is 13.8. The van der Waals surface area contributed by atoms with Crippen LogP contribution < -0.4 is 11.7 Å². The average molecular weight is 248 g/mol. The zero-order valence-corrected chi connectivity index (χ0v) is 9.68. The third-order valence-electron chi connectivity index (χ3n) is 1.17. The number of nitrogens with two attached hydrogens (primary N) is 2. The Morgan fingerprint density at radius 1 is 1.20 bits per heavy atom. The molecule has 0 aliphatic carbocycles. The van der Waals surface area contributed by atoms with Crippen molar-refractivity contribution in [3.63, 3.8) is 0 Å². The molecule has 0 aliphatic heterocycles. The highest BCUT2D eigenvalue weighted by molar-refractivity contribution is 8.17. The number of nitrogens with one attached hydrogen (secondary N) is 2. The first-order chi connectivity index (χ1) is 7.17. The van der Waals surface area contributed by atoms with E-state index in [4.69, 9.17) is 22.7 Å². The maximum atomic E-state index is 6.74. The minimum atomic E-state index is 0.116. The fraction of sp³-hybridized carbons (Fsp3) is 0.600. The highest BCUT2D eigenvalue weighted by Crippen LogP contribution is 2.19. The van der Waals surface area contributed by atoms with Crippen molar-refractivity contribution in [1.29, 1.82) is 11.1 Å². The molecule has 0 bridgehead atoms. The smallest absolute Gasteiger partial charge is 0.226 e. The lowest BCUT2D eigenvalue weighted by molar-refractivity contribution is 1.12. The van der Waals surface area contributed by atoms with Crippen LogP contribution >= 0.6 is 23.5 Å². The van der Waals surface area contributed by atoms with E-state index in [9.17, 15) is 0 Å². The van der Waals surface area contributed by atoms with Crippen molar-refractivity contribution >= 4 is 33.9 Å². The van der Waals surface area contributed by atoms with Crippen LogP contribution in [0.2, 0.25) is 0 Å². The lowest BCUT2D eigenvalue weighted by atomic mass is 10.6. The molecular formula is C5H12N8S2. The largest absolute Gasteiger partial charge is 0.321 e. The number of thioether (sulfide) groups is 2. The topological polar surface area (TPSA) is 149 Å². The van der Waals surface area contributed by atoms with E-state index in [1.54, 1.807) is 0 Å². The molecule has 8 nitrogen and oxygen atoms in total. The summed E-state index contributed by atoms with van der Waals surface area (Å²) in [6.45, 7) is 1.91. The van der Waals surface area contributed by atoms with E-state index in [-0.39, 0.29) is 15.6 Å². The van der Waals surface area contributed by atoms with Crippen molar-refractivity contribution in [3.8, 4) is 0 Å². The molecule has 1 unspecified atom stereocenters. The molecule has 0 saturated carbocycles. The van der Waals surface area contributed by atoms with Gasteiger partial charge in [-0.15, -0.1) is 10.2 Å². The van der Waals surface area contributed by atoms with E-state index in [1.807, 2.05) is 6.92 Å². The van der Waals surface area contributed by atoms with Crippen molar-refractivity contribution in [3.05, 3.63) is 0 Å². The average Bonchev–Trinajstić information content (AvgIpc) is 2.27. The summed E-state index contributed by atoms with van der Waals surface area (Å²) in [7, 11) is 0. The molecule has 0 aromatic rings. The second-order valence-electron chi connectivity index (χ2n) is 2.29. The van der Waals surface area contributed by atoms with Gasteiger partial charge >= 0.3 is 0 Å². The lowest BCUT2D eigenvalue weighted by Crippen LogP contribution is -2.07. The fourth-order valence-electron chi connectivity index (χ4n) is 0.590. The van der Waals surface area contributed by atoms with Gasteiger partial charge in [-0.2, -0.15) is 10.2 Å². The molecule has 0 spiro atoms. The van der Waals surface area contributed by atoms with Gasteiger partial charge < -0.3 is 11.7 Å². The summed E-state index contributed by atoms with van der Waals surface area (Å²) in [5, 5.41) is 13.4. The second-order valence-corrected chi connectivity index (χ2v) is 4.68. The molecule has 0 saturated heterocycles. The van der Waals surface area contributed by atoms with Crippen molar-refractivity contribution in [2.24, 2.45) is 32.1 Å². The lowest BCUT2D eigenvalue weighted by Gasteiger charge is -2.07. The van der Waals surface area contributed by atoms with Crippen LogP contribution in [0.25, 0.3) is 0 Å². The van der Waals surface area contributed by atoms with E-state index in [0.29, 0.717) is 5.75 Å². The number of hydrogen-bond donors (Lipinski definition) is 4. The Bertz CT molecular complexity index is 274. The van der Waals surface area contributed by atoms with E-state index in [0.717, 1.165) is 0 Å². The Balaban J connectivity index is 3.99. The number of nitrogens with zero attached hydrogens (tertiary/aromatic N) is 4. The van der Waals surface area contributed by atoms with Crippen LogP contribution in [0.15, 0.2) is 20.4 Å². The molecule has 0 amide bonds. The molecule has 6 N–H and O–H groups in total. The molecule has 0 radical (unpaired) electrons. The molecule has 15 heavy (non-hydrogen) atoms. The Morgan fingerprint density at radius 3 is 2.13 bits per heavy atom. The fourth-order valence-corrected chi connectivity index (χ4v) is 2.06. The van der Waals surface area contributed by atoms with Gasteiger partial charge in [0.05, 0.1) is 0 Å². The number of rotatable bonds is 3. The van der Waals surface area contributed by atoms with Crippen LogP contribution in [0.1, 0.15) is 6.92 Å². The minimum absolute atomic E-state index is 0.116. The zero-order chi connectivity index (χ0) is 11.7. The van der Waals surface area contributed by atoms with Gasteiger partial charge in [-0.25, -0.2) is 11.1 Å². The molecule has 0 aliphatic rings. The molecule has 0 fully saturated rings. The van der Waals surface area contributed by atoms with Gasteiger partial charge in [0.15, 0.2) is 0 Å². The summed E-state index contributed by atoms with van der Waals surface area (Å²) in [5.41, 5.74) is 13.4. The highest BCUT2D eigenvalue weighted by Gasteiger charge is 2.09. The van der Waals surface area contributed by atoms with Crippen LogP contribution in [-0.4, -0.2) is 21.3 Å². The van der Waals surface area contributed by atoms with Crippen LogP contribution in [0.3, 0.4) is 0 Å². The third kappa shape index (κ3) is 6.01. The zero-order valence-electron chi connectivity index (χ0n) is 8.04. The molecule has 0 aromatic heterocycles. The Morgan fingerprint density at radius 2 is 1.73 bits per heavy atom. The number of hydrogen-bond acceptors (Lipinski definition) is 8. The first-order valence-corrected chi connectivity index (χ1v) is 5.64. The molecule has 1 atom stereocenters. The summed E-state index contributed by atoms with van der Waals surface area (Å²) in [6.07, 6.45) is 0. The van der Waals surface area contributed by atoms with Crippen LogP contribution in [0.5, 0.6) is 0 Å². The van der Waals surface area contributed by atoms with Gasteiger partial charge in [0.1, 0.15) is 0 Å². The van der Waals surface area contributed by atoms with Crippen LogP contribution in [-0.2, 0) is 0 Å². The molecule has 84 valence electrons. The molecule has 0 heterocycles. The van der Waals surface area contributed by atoms with Crippen LogP contribution in [0, 0.1) is 11.1 Å². The van der Waals surface area contributed by atoms with E-state index >= 15 is 0 Å². The highest BCUT2D eigenvalue weighted by atomic mass is 32.2. The normalized spacial score (nSPS) is 14.7. The van der Waals surface area contributed by atoms with E-state index < -0.39 is 0 Å². The molecule has 10 heteroatoms. The quantitative estimate of drug-likeness (QED) is 0.196. The number of amidine groups is 2. The summed E-state index contributed by atoms with van der Waals surface area (Å²) in [4.78, 5) is 0. The van der Waals surface area contributed by atoms with Gasteiger partial charge in [-0.3, -0.25) is 0 Å². The van der Waals surface area contributed by atoms with Crippen molar-refractivity contribution in [2.75, 3.05) is 5.75 Å². The predicted molar refractivity (Wildman–Crippen MR) is 63.1 cm³/mol. The van der Waals surface area contributed by atoms with Gasteiger partial charge in [0.2, 0.25) is 10.3 Å².